The molecule has 0 spiro atoms. The molecule has 2 aliphatic heterocycles. The topological polar surface area (TPSA) is 77.0 Å². The molecule has 0 saturated carbocycles. The number of hydrogen-bond acceptors (Lipinski definition) is 5. The number of carbonyl (C=O) groups is 2. The largest absolute Gasteiger partial charge is 0.383 e. The highest BCUT2D eigenvalue weighted by Gasteiger charge is 2.29. The Morgan fingerprint density at radius 2 is 1.96 bits per heavy atom. The van der Waals surface area contributed by atoms with Gasteiger partial charge in [-0.3, -0.25) is 19.5 Å². The van der Waals surface area contributed by atoms with Gasteiger partial charge in [-0.05, 0) is 31.4 Å². The Balaban J connectivity index is 1.47. The second-order valence-corrected chi connectivity index (χ2v) is 6.75. The fraction of sp³-hybridized carbons (Fsp3) is 0.611. The van der Waals surface area contributed by atoms with Gasteiger partial charge in [0.05, 0.1) is 12.2 Å². The Morgan fingerprint density at radius 1 is 1.16 bits per heavy atom. The van der Waals surface area contributed by atoms with E-state index in [-0.39, 0.29) is 18.4 Å². The van der Waals surface area contributed by atoms with Crippen molar-refractivity contribution in [3.63, 3.8) is 0 Å². The summed E-state index contributed by atoms with van der Waals surface area (Å²) in [7, 11) is 0. The maximum absolute atomic E-state index is 12.5. The lowest BCUT2D eigenvalue weighted by Gasteiger charge is -2.35. The number of aliphatic hydroxyl groups excluding tert-OH is 1. The first-order chi connectivity index (χ1) is 12.1. The fourth-order valence-electron chi connectivity index (χ4n) is 3.38. The zero-order valence-corrected chi connectivity index (χ0v) is 14.5. The molecule has 0 radical (unpaired) electrons. The first kappa shape index (κ1) is 17.8. The van der Waals surface area contributed by atoms with E-state index >= 15 is 0 Å². The molecule has 7 heteroatoms. The molecule has 1 unspecified atom stereocenters. The number of pyridine rings is 1. The van der Waals surface area contributed by atoms with Crippen molar-refractivity contribution >= 4 is 11.8 Å². The predicted molar refractivity (Wildman–Crippen MR) is 92.5 cm³/mol. The average Bonchev–Trinajstić information content (AvgIpc) is 2.79. The van der Waals surface area contributed by atoms with Crippen LogP contribution in [0.2, 0.25) is 0 Å². The number of carbonyl (C=O) groups excluding carboxylic acids is 2. The molecular weight excluding hydrogens is 320 g/mol. The monoisotopic (exact) mass is 346 g/mol. The van der Waals surface area contributed by atoms with Crippen LogP contribution in [0.4, 0.5) is 0 Å². The van der Waals surface area contributed by atoms with Gasteiger partial charge in [-0.25, -0.2) is 0 Å². The van der Waals surface area contributed by atoms with Gasteiger partial charge in [0.2, 0.25) is 5.91 Å². The van der Waals surface area contributed by atoms with Crippen LogP contribution < -0.4 is 0 Å². The van der Waals surface area contributed by atoms with E-state index in [1.807, 2.05) is 23.1 Å². The van der Waals surface area contributed by atoms with Crippen LogP contribution in [0.15, 0.2) is 24.4 Å². The van der Waals surface area contributed by atoms with Gasteiger partial charge in [-0.15, -0.1) is 0 Å². The summed E-state index contributed by atoms with van der Waals surface area (Å²) in [6.07, 6.45) is 3.00. The molecule has 2 fully saturated rings. The van der Waals surface area contributed by atoms with E-state index in [1.54, 1.807) is 6.20 Å². The molecule has 3 rings (SSSR count). The SMILES string of the molecule is O=C(CN1CCCCC(O)C1=O)N1CCN(Cc2ccccn2)CC1. The molecule has 1 aromatic rings. The Bertz CT molecular complexity index is 587. The minimum atomic E-state index is -0.953. The van der Waals surface area contributed by atoms with Crippen molar-refractivity contribution in [2.75, 3.05) is 39.3 Å². The van der Waals surface area contributed by atoms with Gasteiger partial charge in [0.15, 0.2) is 0 Å². The number of hydrogen-bond donors (Lipinski definition) is 1. The van der Waals surface area contributed by atoms with Crippen molar-refractivity contribution in [3.05, 3.63) is 30.1 Å². The number of piperazine rings is 1. The van der Waals surface area contributed by atoms with E-state index in [0.717, 1.165) is 38.2 Å². The van der Waals surface area contributed by atoms with Gasteiger partial charge in [0.25, 0.3) is 5.91 Å². The molecule has 1 atom stereocenters. The van der Waals surface area contributed by atoms with Crippen LogP contribution in [0.1, 0.15) is 25.0 Å². The molecule has 3 heterocycles. The minimum absolute atomic E-state index is 0.0278. The third-order valence-electron chi connectivity index (χ3n) is 4.92. The number of amides is 2. The van der Waals surface area contributed by atoms with Gasteiger partial charge in [-0.1, -0.05) is 6.07 Å². The van der Waals surface area contributed by atoms with Crippen molar-refractivity contribution in [1.29, 1.82) is 0 Å². The van der Waals surface area contributed by atoms with E-state index in [1.165, 1.54) is 4.90 Å². The molecule has 136 valence electrons. The average molecular weight is 346 g/mol. The molecule has 2 aliphatic rings. The molecule has 0 bridgehead atoms. The third kappa shape index (κ3) is 4.76. The van der Waals surface area contributed by atoms with Crippen molar-refractivity contribution in [3.8, 4) is 0 Å². The Labute approximate surface area is 148 Å². The zero-order chi connectivity index (χ0) is 17.6. The second kappa shape index (κ2) is 8.40. The summed E-state index contributed by atoms with van der Waals surface area (Å²) in [5.41, 5.74) is 1.03. The summed E-state index contributed by atoms with van der Waals surface area (Å²) in [4.78, 5) is 34.6. The lowest BCUT2D eigenvalue weighted by atomic mass is 10.2. The predicted octanol–water partition coefficient (Wildman–Crippen LogP) is 0.0992. The minimum Gasteiger partial charge on any atom is -0.383 e. The second-order valence-electron chi connectivity index (χ2n) is 6.75. The summed E-state index contributed by atoms with van der Waals surface area (Å²) in [6.45, 7) is 4.36. The van der Waals surface area contributed by atoms with Crippen LogP contribution in [0.5, 0.6) is 0 Å². The molecule has 1 N–H and O–H groups in total. The lowest BCUT2D eigenvalue weighted by Crippen LogP contribution is -2.52. The highest BCUT2D eigenvalue weighted by Crippen LogP contribution is 2.13. The van der Waals surface area contributed by atoms with Crippen LogP contribution in [0, 0.1) is 0 Å². The molecule has 0 aliphatic carbocycles. The molecule has 0 aromatic carbocycles. The first-order valence-electron chi connectivity index (χ1n) is 9.00. The van der Waals surface area contributed by atoms with Crippen LogP contribution in [0.25, 0.3) is 0 Å². The van der Waals surface area contributed by atoms with Crippen molar-refractivity contribution in [2.24, 2.45) is 0 Å². The van der Waals surface area contributed by atoms with Gasteiger partial charge in [0, 0.05) is 45.5 Å². The lowest BCUT2D eigenvalue weighted by molar-refractivity contribution is -0.146. The van der Waals surface area contributed by atoms with Gasteiger partial charge in [-0.2, -0.15) is 0 Å². The maximum Gasteiger partial charge on any atom is 0.251 e. The summed E-state index contributed by atoms with van der Waals surface area (Å²) in [5.74, 6) is -0.334. The van der Waals surface area contributed by atoms with Crippen LogP contribution in [-0.4, -0.2) is 82.0 Å². The molecule has 2 saturated heterocycles. The number of nitrogens with zero attached hydrogens (tertiary/aromatic N) is 4. The number of rotatable bonds is 4. The highest BCUT2D eigenvalue weighted by molar-refractivity contribution is 5.87. The van der Waals surface area contributed by atoms with E-state index in [0.29, 0.717) is 26.1 Å². The van der Waals surface area contributed by atoms with Crippen LogP contribution in [-0.2, 0) is 16.1 Å². The van der Waals surface area contributed by atoms with Gasteiger partial charge in [0.1, 0.15) is 6.10 Å². The summed E-state index contributed by atoms with van der Waals surface area (Å²) in [6, 6.07) is 5.89. The van der Waals surface area contributed by atoms with Gasteiger partial charge < -0.3 is 14.9 Å². The smallest absolute Gasteiger partial charge is 0.251 e. The van der Waals surface area contributed by atoms with Crippen molar-refractivity contribution in [1.82, 2.24) is 19.7 Å². The zero-order valence-electron chi connectivity index (χ0n) is 14.5. The Kier molecular flexibility index (Phi) is 5.99. The Morgan fingerprint density at radius 3 is 2.68 bits per heavy atom. The Hall–Kier alpha value is -1.99. The molecule has 2 amide bonds. The summed E-state index contributed by atoms with van der Waals surface area (Å²) >= 11 is 0. The molecule has 7 nitrogen and oxygen atoms in total. The maximum atomic E-state index is 12.5. The van der Waals surface area contributed by atoms with Crippen molar-refractivity contribution < 1.29 is 14.7 Å². The number of aliphatic hydroxyl groups is 1. The van der Waals surface area contributed by atoms with E-state index in [9.17, 15) is 14.7 Å². The third-order valence-corrected chi connectivity index (χ3v) is 4.92. The first-order valence-corrected chi connectivity index (χ1v) is 9.00. The summed E-state index contributed by atoms with van der Waals surface area (Å²) < 4.78 is 0. The van der Waals surface area contributed by atoms with E-state index < -0.39 is 6.10 Å². The molecule has 25 heavy (non-hydrogen) atoms. The van der Waals surface area contributed by atoms with Gasteiger partial charge >= 0.3 is 0 Å². The fourth-order valence-corrected chi connectivity index (χ4v) is 3.38. The van der Waals surface area contributed by atoms with E-state index in [2.05, 4.69) is 9.88 Å². The number of likely N-dealkylation sites (tertiary alicyclic amines) is 1. The normalized spacial score (nSPS) is 22.8. The standard InChI is InChI=1S/C18H26N4O3/c23-16-6-2-4-8-22(18(16)25)14-17(24)21-11-9-20(10-12-21)13-15-5-1-3-7-19-15/h1,3,5,7,16,23H,2,4,6,8-14H2. The highest BCUT2D eigenvalue weighted by atomic mass is 16.3. The quantitative estimate of drug-likeness (QED) is 0.837. The van der Waals surface area contributed by atoms with Crippen LogP contribution in [0.3, 0.4) is 0 Å². The summed E-state index contributed by atoms with van der Waals surface area (Å²) in [5, 5.41) is 9.80. The van der Waals surface area contributed by atoms with E-state index in [4.69, 9.17) is 0 Å². The molecule has 1 aromatic heterocycles. The molecular formula is C18H26N4O3. The number of aromatic nitrogens is 1. The van der Waals surface area contributed by atoms with Crippen molar-refractivity contribution in [2.45, 2.75) is 31.9 Å². The van der Waals surface area contributed by atoms with Crippen LogP contribution >= 0.6 is 0 Å².